The van der Waals surface area contributed by atoms with Crippen LogP contribution < -0.4 is 15.0 Å². The van der Waals surface area contributed by atoms with Crippen LogP contribution in [0.4, 0.5) is 10.2 Å². The highest BCUT2D eigenvalue weighted by atomic mass is 19.1. The predicted molar refractivity (Wildman–Crippen MR) is 149 cm³/mol. The van der Waals surface area contributed by atoms with E-state index in [2.05, 4.69) is 25.1 Å². The topological polar surface area (TPSA) is 95.9 Å². The summed E-state index contributed by atoms with van der Waals surface area (Å²) >= 11 is 0. The summed E-state index contributed by atoms with van der Waals surface area (Å²) in [5, 5.41) is 15.8. The average molecular weight is 543 g/mol. The van der Waals surface area contributed by atoms with E-state index >= 15 is 4.39 Å². The van der Waals surface area contributed by atoms with Gasteiger partial charge >= 0.3 is 6.01 Å². The number of aromatic nitrogens is 3. The maximum Gasteiger partial charge on any atom is 0.319 e. The highest BCUT2D eigenvalue weighted by molar-refractivity contribution is 5.99. The van der Waals surface area contributed by atoms with Crippen molar-refractivity contribution in [3.8, 4) is 23.0 Å². The highest BCUT2D eigenvalue weighted by Crippen LogP contribution is 2.36. The molecule has 4 saturated heterocycles. The van der Waals surface area contributed by atoms with Gasteiger partial charge < -0.3 is 24.8 Å². The van der Waals surface area contributed by atoms with Crippen molar-refractivity contribution in [3.63, 3.8) is 0 Å². The molecule has 4 fully saturated rings. The van der Waals surface area contributed by atoms with Gasteiger partial charge in [-0.05, 0) is 42.2 Å². The lowest BCUT2D eigenvalue weighted by Gasteiger charge is -2.34. The first kappa shape index (κ1) is 24.2. The number of halogens is 1. The van der Waals surface area contributed by atoms with Gasteiger partial charge in [-0.25, -0.2) is 4.39 Å². The Morgan fingerprint density at radius 2 is 1.95 bits per heavy atom. The molecule has 4 atom stereocenters. The van der Waals surface area contributed by atoms with Gasteiger partial charge in [0.15, 0.2) is 5.82 Å². The minimum Gasteiger partial charge on any atom is -0.508 e. The largest absolute Gasteiger partial charge is 0.508 e. The average Bonchev–Trinajstić information content (AvgIpc) is 3.68. The van der Waals surface area contributed by atoms with Crippen LogP contribution in [0.5, 0.6) is 11.8 Å². The van der Waals surface area contributed by atoms with Gasteiger partial charge in [0.05, 0.1) is 18.1 Å². The van der Waals surface area contributed by atoms with Gasteiger partial charge in [-0.1, -0.05) is 24.3 Å². The fourth-order valence-corrected chi connectivity index (χ4v) is 6.97. The van der Waals surface area contributed by atoms with Crippen molar-refractivity contribution >= 4 is 27.5 Å². The molecule has 2 N–H and O–H groups in total. The second-order valence-corrected chi connectivity index (χ2v) is 11.5. The van der Waals surface area contributed by atoms with Crippen LogP contribution in [0.1, 0.15) is 19.3 Å². The number of morpholine rings is 1. The minimum atomic E-state index is -0.501. The third kappa shape index (κ3) is 4.13. The number of piperazine rings is 1. The Balaban J connectivity index is 1.18. The summed E-state index contributed by atoms with van der Waals surface area (Å²) in [6.45, 7) is 4.48. The molecule has 2 aromatic carbocycles. The van der Waals surface area contributed by atoms with Gasteiger partial charge in [0, 0.05) is 56.1 Å². The summed E-state index contributed by atoms with van der Waals surface area (Å²) in [6, 6.07) is 12.1. The van der Waals surface area contributed by atoms with Crippen LogP contribution in [0.15, 0.2) is 42.6 Å². The predicted octanol–water partition coefficient (Wildman–Crippen LogP) is 3.48. The van der Waals surface area contributed by atoms with Crippen LogP contribution in [0.3, 0.4) is 0 Å². The van der Waals surface area contributed by atoms with Gasteiger partial charge in [0.25, 0.3) is 0 Å². The maximum atomic E-state index is 16.4. The Labute approximate surface area is 230 Å². The second-order valence-electron chi connectivity index (χ2n) is 11.5. The molecule has 2 unspecified atom stereocenters. The molecule has 4 aromatic rings. The molecule has 8 rings (SSSR count). The zero-order valence-electron chi connectivity index (χ0n) is 22.1. The first-order chi connectivity index (χ1) is 19.6. The standard InChI is InChI=1S/C30H31FN6O3/c31-26-27(24-3-1-2-17-10-21(38)6-7-23(17)24)32-12-25-28(26)34-30(39-9-8-36-15-22-11-20(36)16-40-22)35-29(25)37-13-18-4-5-19(14-37)33-18/h1-3,6-7,10,12,18-20,22,33,38H,4-5,8-9,11,13-16H2/t18?,19?,20-,22-/m0/s1. The van der Waals surface area contributed by atoms with Gasteiger partial charge in [-0.15, -0.1) is 0 Å². The third-order valence-corrected chi connectivity index (χ3v) is 8.90. The summed E-state index contributed by atoms with van der Waals surface area (Å²) in [5.74, 6) is 0.335. The first-order valence-electron chi connectivity index (χ1n) is 14.2. The van der Waals surface area contributed by atoms with Crippen molar-refractivity contribution in [1.82, 2.24) is 25.2 Å². The molecule has 2 aromatic heterocycles. The zero-order valence-corrected chi connectivity index (χ0v) is 22.1. The van der Waals surface area contributed by atoms with Crippen molar-refractivity contribution in [2.45, 2.75) is 43.5 Å². The summed E-state index contributed by atoms with van der Waals surface area (Å²) in [7, 11) is 0. The van der Waals surface area contributed by atoms with Gasteiger partial charge in [0.1, 0.15) is 29.4 Å². The van der Waals surface area contributed by atoms with Crippen molar-refractivity contribution in [2.75, 3.05) is 44.3 Å². The Morgan fingerprint density at radius 3 is 2.75 bits per heavy atom. The molecule has 206 valence electrons. The van der Waals surface area contributed by atoms with Crippen LogP contribution in [0.25, 0.3) is 32.9 Å². The van der Waals surface area contributed by atoms with E-state index in [4.69, 9.17) is 14.5 Å². The summed E-state index contributed by atoms with van der Waals surface area (Å²) < 4.78 is 28.2. The van der Waals surface area contributed by atoms with E-state index in [9.17, 15) is 5.11 Å². The monoisotopic (exact) mass is 542 g/mol. The quantitative estimate of drug-likeness (QED) is 0.380. The van der Waals surface area contributed by atoms with Crippen molar-refractivity contribution < 1.29 is 19.0 Å². The first-order valence-corrected chi connectivity index (χ1v) is 14.2. The Bertz CT molecular complexity index is 1610. The smallest absolute Gasteiger partial charge is 0.319 e. The van der Waals surface area contributed by atoms with Crippen molar-refractivity contribution in [3.05, 3.63) is 48.4 Å². The van der Waals surface area contributed by atoms with E-state index in [1.54, 1.807) is 24.4 Å². The molecule has 9 nitrogen and oxygen atoms in total. The number of pyridine rings is 1. The molecule has 0 saturated carbocycles. The fourth-order valence-electron chi connectivity index (χ4n) is 6.97. The summed E-state index contributed by atoms with van der Waals surface area (Å²) in [6.07, 6.45) is 5.36. The molecule has 10 heteroatoms. The van der Waals surface area contributed by atoms with E-state index in [1.165, 1.54) is 0 Å². The Hall–Kier alpha value is -3.60. The molecular formula is C30H31FN6O3. The normalized spacial score (nSPS) is 25.9. The SMILES string of the molecule is Oc1ccc2c(-c3ncc4c(N5CC6CCC(C5)N6)nc(OCCN5C[C@@H]6C[C@H]5CO6)nc4c3F)cccc2c1. The van der Waals surface area contributed by atoms with Crippen LogP contribution in [-0.4, -0.2) is 88.6 Å². The number of aromatic hydroxyl groups is 1. The molecule has 4 bridgehead atoms. The number of hydrogen-bond acceptors (Lipinski definition) is 9. The third-order valence-electron chi connectivity index (χ3n) is 8.90. The Kier molecular flexibility index (Phi) is 5.75. The minimum absolute atomic E-state index is 0.162. The number of fused-ring (bicyclic) bond motifs is 6. The van der Waals surface area contributed by atoms with Crippen LogP contribution in [-0.2, 0) is 4.74 Å². The Morgan fingerprint density at radius 1 is 1.07 bits per heavy atom. The molecule has 0 amide bonds. The number of nitrogens with one attached hydrogen (secondary N) is 1. The van der Waals surface area contributed by atoms with Crippen LogP contribution >= 0.6 is 0 Å². The van der Waals surface area contributed by atoms with Crippen molar-refractivity contribution in [2.24, 2.45) is 0 Å². The number of ether oxygens (including phenoxy) is 2. The molecule has 4 aliphatic heterocycles. The highest BCUT2D eigenvalue weighted by Gasteiger charge is 2.38. The molecule has 0 spiro atoms. The van der Waals surface area contributed by atoms with Crippen LogP contribution in [0.2, 0.25) is 0 Å². The molecule has 4 aliphatic rings. The van der Waals surface area contributed by atoms with E-state index in [0.29, 0.717) is 47.6 Å². The fraction of sp³-hybridized carbons (Fsp3) is 0.433. The molecule has 0 radical (unpaired) electrons. The number of nitrogens with zero attached hydrogens (tertiary/aromatic N) is 5. The second kappa shape index (κ2) is 9.50. The van der Waals surface area contributed by atoms with Crippen molar-refractivity contribution in [1.29, 1.82) is 0 Å². The van der Waals surface area contributed by atoms with Gasteiger partial charge in [0.2, 0.25) is 0 Å². The summed E-state index contributed by atoms with van der Waals surface area (Å²) in [4.78, 5) is 18.7. The van der Waals surface area contributed by atoms with Gasteiger partial charge in [-0.2, -0.15) is 9.97 Å². The number of benzene rings is 2. The van der Waals surface area contributed by atoms with E-state index < -0.39 is 5.82 Å². The number of anilines is 1. The van der Waals surface area contributed by atoms with Crippen LogP contribution in [0, 0.1) is 5.82 Å². The van der Waals surface area contributed by atoms with Gasteiger partial charge in [-0.3, -0.25) is 9.88 Å². The molecule has 0 aliphatic carbocycles. The van der Waals surface area contributed by atoms with E-state index in [0.717, 1.165) is 62.8 Å². The number of rotatable bonds is 6. The molecule has 40 heavy (non-hydrogen) atoms. The molecular weight excluding hydrogens is 511 g/mol. The summed E-state index contributed by atoms with van der Waals surface area (Å²) in [5.41, 5.74) is 1.07. The molecule has 6 heterocycles. The van der Waals surface area contributed by atoms with E-state index in [-0.39, 0.29) is 23.0 Å². The lowest BCUT2D eigenvalue weighted by atomic mass is 10.0. The lowest BCUT2D eigenvalue weighted by molar-refractivity contribution is 0.0253. The zero-order chi connectivity index (χ0) is 26.8. The number of hydrogen-bond donors (Lipinski definition) is 2. The number of likely N-dealkylation sites (tertiary alicyclic amines) is 1. The lowest BCUT2D eigenvalue weighted by Crippen LogP contribution is -2.51. The number of phenols is 1. The number of phenolic OH excluding ortho intramolecular Hbond substituents is 1. The maximum absolute atomic E-state index is 16.4. The van der Waals surface area contributed by atoms with E-state index in [1.807, 2.05) is 18.2 Å².